The Hall–Kier alpha value is -1.65. The molecule has 0 saturated carbocycles. The van der Waals surface area contributed by atoms with Crippen molar-refractivity contribution in [3.8, 4) is 0 Å². The molecule has 5 heteroatoms. The predicted octanol–water partition coefficient (Wildman–Crippen LogP) is 1.19. The lowest BCUT2D eigenvalue weighted by molar-refractivity contribution is -0.132. The lowest BCUT2D eigenvalue weighted by atomic mass is 9.99. The van der Waals surface area contributed by atoms with E-state index in [9.17, 15) is 9.59 Å². The Labute approximate surface area is 113 Å². The van der Waals surface area contributed by atoms with Crippen molar-refractivity contribution in [2.24, 2.45) is 5.92 Å². The highest BCUT2D eigenvalue weighted by Gasteiger charge is 2.22. The van der Waals surface area contributed by atoms with Gasteiger partial charge in [0.1, 0.15) is 5.82 Å². The first-order valence-corrected chi connectivity index (χ1v) is 6.81. The summed E-state index contributed by atoms with van der Waals surface area (Å²) in [7, 11) is 0. The van der Waals surface area contributed by atoms with Gasteiger partial charge >= 0.3 is 0 Å². The van der Waals surface area contributed by atoms with Gasteiger partial charge in [-0.25, -0.2) is 4.98 Å². The van der Waals surface area contributed by atoms with Crippen molar-refractivity contribution < 1.29 is 4.79 Å². The van der Waals surface area contributed by atoms with Crippen LogP contribution in [0.5, 0.6) is 0 Å². The highest BCUT2D eigenvalue weighted by atomic mass is 16.2. The van der Waals surface area contributed by atoms with Gasteiger partial charge in [0.25, 0.3) is 5.56 Å². The number of nitrogens with one attached hydrogen (secondary N) is 1. The van der Waals surface area contributed by atoms with Crippen molar-refractivity contribution in [1.29, 1.82) is 0 Å². The molecule has 1 saturated heterocycles. The van der Waals surface area contributed by atoms with Crippen LogP contribution in [0.2, 0.25) is 0 Å². The fraction of sp³-hybridized carbons (Fsp3) is 0.643. The third-order valence-corrected chi connectivity index (χ3v) is 3.68. The van der Waals surface area contributed by atoms with Gasteiger partial charge in [0.15, 0.2) is 0 Å². The van der Waals surface area contributed by atoms with E-state index in [1.807, 2.05) is 4.90 Å². The summed E-state index contributed by atoms with van der Waals surface area (Å²) < 4.78 is 0. The number of amides is 1. The first kappa shape index (κ1) is 13.8. The smallest absolute Gasteiger partial charge is 0.254 e. The molecule has 5 nitrogen and oxygen atoms in total. The van der Waals surface area contributed by atoms with E-state index in [1.165, 1.54) is 6.42 Å². The number of carbonyl (C=O) groups is 1. The van der Waals surface area contributed by atoms with E-state index in [0.717, 1.165) is 19.5 Å². The van der Waals surface area contributed by atoms with Gasteiger partial charge in [0.2, 0.25) is 5.91 Å². The van der Waals surface area contributed by atoms with Crippen LogP contribution in [-0.2, 0) is 11.2 Å². The number of likely N-dealkylation sites (tertiary alicyclic amines) is 1. The molecule has 0 radical (unpaired) electrons. The molecule has 2 heterocycles. The van der Waals surface area contributed by atoms with Crippen LogP contribution in [-0.4, -0.2) is 33.9 Å². The fourth-order valence-corrected chi connectivity index (χ4v) is 2.64. The van der Waals surface area contributed by atoms with Crippen LogP contribution in [0.25, 0.3) is 0 Å². The second-order valence-corrected chi connectivity index (χ2v) is 5.48. The van der Waals surface area contributed by atoms with Crippen LogP contribution in [0.3, 0.4) is 0 Å². The number of hydrogen-bond acceptors (Lipinski definition) is 3. The number of carbonyl (C=O) groups excluding carboxylic acids is 1. The van der Waals surface area contributed by atoms with Crippen molar-refractivity contribution in [2.75, 3.05) is 13.1 Å². The normalized spacial score (nSPS) is 19.5. The summed E-state index contributed by atoms with van der Waals surface area (Å²) in [5.41, 5.74) is 0.955. The van der Waals surface area contributed by atoms with Gasteiger partial charge in [-0.1, -0.05) is 6.92 Å². The quantitative estimate of drug-likeness (QED) is 0.871. The zero-order chi connectivity index (χ0) is 14.0. The average molecular weight is 263 g/mol. The summed E-state index contributed by atoms with van der Waals surface area (Å²) >= 11 is 0. The first-order valence-electron chi connectivity index (χ1n) is 6.81. The van der Waals surface area contributed by atoms with Gasteiger partial charge in [0, 0.05) is 24.3 Å². The number of aryl methyl sites for hydroxylation is 2. The van der Waals surface area contributed by atoms with Crippen molar-refractivity contribution >= 4 is 5.91 Å². The molecular formula is C14H21N3O2. The number of nitrogens with zero attached hydrogens (tertiary/aromatic N) is 2. The van der Waals surface area contributed by atoms with Gasteiger partial charge in [-0.05, 0) is 32.6 Å². The summed E-state index contributed by atoms with van der Waals surface area (Å²) in [5, 5.41) is 0. The summed E-state index contributed by atoms with van der Waals surface area (Å²) in [6, 6.07) is 0. The minimum absolute atomic E-state index is 0.0332. The van der Waals surface area contributed by atoms with Crippen LogP contribution in [0.15, 0.2) is 4.79 Å². The number of aromatic amines is 1. The van der Waals surface area contributed by atoms with Gasteiger partial charge in [-0.3, -0.25) is 9.59 Å². The standard InChI is InChI=1S/C14H21N3O2/c1-9-5-4-6-17(8-9)13(18)7-12-10(2)15-11(3)16-14(12)19/h9H,4-8H2,1-3H3,(H,15,16,19). The molecule has 0 aromatic carbocycles. The Morgan fingerprint density at radius 1 is 1.47 bits per heavy atom. The number of rotatable bonds is 2. The summed E-state index contributed by atoms with van der Waals surface area (Å²) in [6.07, 6.45) is 2.38. The molecule has 0 spiro atoms. The molecule has 1 unspecified atom stereocenters. The predicted molar refractivity (Wildman–Crippen MR) is 73.0 cm³/mol. The van der Waals surface area contributed by atoms with E-state index in [2.05, 4.69) is 16.9 Å². The summed E-state index contributed by atoms with van der Waals surface area (Å²) in [6.45, 7) is 7.29. The molecule has 1 aromatic heterocycles. The number of piperidine rings is 1. The lowest BCUT2D eigenvalue weighted by Crippen LogP contribution is -2.40. The molecule has 1 aromatic rings. The highest BCUT2D eigenvalue weighted by molar-refractivity contribution is 5.79. The molecule has 0 aliphatic carbocycles. The van der Waals surface area contributed by atoms with Crippen molar-refractivity contribution in [3.63, 3.8) is 0 Å². The van der Waals surface area contributed by atoms with E-state index >= 15 is 0 Å². The summed E-state index contributed by atoms with van der Waals surface area (Å²) in [5.74, 6) is 1.17. The van der Waals surface area contributed by atoms with Gasteiger partial charge in [0.05, 0.1) is 6.42 Å². The van der Waals surface area contributed by atoms with E-state index in [4.69, 9.17) is 0 Å². The van der Waals surface area contributed by atoms with E-state index < -0.39 is 0 Å². The molecule has 1 fully saturated rings. The topological polar surface area (TPSA) is 66.1 Å². The van der Waals surface area contributed by atoms with E-state index in [-0.39, 0.29) is 17.9 Å². The second kappa shape index (κ2) is 5.55. The zero-order valence-corrected chi connectivity index (χ0v) is 11.8. The number of hydrogen-bond donors (Lipinski definition) is 1. The molecule has 19 heavy (non-hydrogen) atoms. The van der Waals surface area contributed by atoms with Gasteiger partial charge < -0.3 is 9.88 Å². The van der Waals surface area contributed by atoms with Gasteiger partial charge in [-0.2, -0.15) is 0 Å². The lowest BCUT2D eigenvalue weighted by Gasteiger charge is -2.31. The Morgan fingerprint density at radius 2 is 2.21 bits per heavy atom. The van der Waals surface area contributed by atoms with Crippen LogP contribution >= 0.6 is 0 Å². The Balaban J connectivity index is 2.13. The van der Waals surface area contributed by atoms with Crippen LogP contribution in [0.1, 0.15) is 36.8 Å². The van der Waals surface area contributed by atoms with Crippen LogP contribution in [0.4, 0.5) is 0 Å². The minimum atomic E-state index is -0.191. The Bertz CT molecular complexity index is 536. The van der Waals surface area contributed by atoms with Crippen molar-refractivity contribution in [3.05, 3.63) is 27.4 Å². The van der Waals surface area contributed by atoms with Crippen molar-refractivity contribution in [2.45, 2.75) is 40.0 Å². The maximum Gasteiger partial charge on any atom is 0.254 e. The molecule has 0 bridgehead atoms. The molecule has 1 atom stereocenters. The van der Waals surface area contributed by atoms with E-state index in [0.29, 0.717) is 23.0 Å². The summed E-state index contributed by atoms with van der Waals surface area (Å²) in [4.78, 5) is 32.9. The largest absolute Gasteiger partial charge is 0.342 e. The van der Waals surface area contributed by atoms with E-state index in [1.54, 1.807) is 13.8 Å². The maximum atomic E-state index is 12.2. The molecule has 1 aliphatic heterocycles. The Morgan fingerprint density at radius 3 is 2.84 bits per heavy atom. The average Bonchev–Trinajstić information content (AvgIpc) is 2.33. The SMILES string of the molecule is Cc1nc(C)c(CC(=O)N2CCCC(C)C2)c(=O)[nH]1. The third-order valence-electron chi connectivity index (χ3n) is 3.68. The molecular weight excluding hydrogens is 242 g/mol. The highest BCUT2D eigenvalue weighted by Crippen LogP contribution is 2.16. The van der Waals surface area contributed by atoms with Gasteiger partial charge in [-0.15, -0.1) is 0 Å². The molecule has 1 aliphatic rings. The number of aromatic nitrogens is 2. The molecule has 1 amide bonds. The molecule has 1 N–H and O–H groups in total. The molecule has 2 rings (SSSR count). The first-order chi connectivity index (χ1) is 8.97. The van der Waals surface area contributed by atoms with Crippen LogP contribution < -0.4 is 5.56 Å². The molecule has 104 valence electrons. The minimum Gasteiger partial charge on any atom is -0.342 e. The van der Waals surface area contributed by atoms with Crippen LogP contribution in [0, 0.1) is 19.8 Å². The maximum absolute atomic E-state index is 12.2. The Kier molecular flexibility index (Phi) is 4.02. The monoisotopic (exact) mass is 263 g/mol. The number of H-pyrrole nitrogens is 1. The zero-order valence-electron chi connectivity index (χ0n) is 11.8. The fourth-order valence-electron chi connectivity index (χ4n) is 2.64. The third kappa shape index (κ3) is 3.22. The second-order valence-electron chi connectivity index (χ2n) is 5.48. The van der Waals surface area contributed by atoms with Crippen molar-refractivity contribution in [1.82, 2.24) is 14.9 Å².